The van der Waals surface area contributed by atoms with E-state index in [0.717, 1.165) is 33.6 Å². The van der Waals surface area contributed by atoms with Gasteiger partial charge < -0.3 is 0 Å². The molecule has 4 aromatic heterocycles. The van der Waals surface area contributed by atoms with Crippen LogP contribution in [0.4, 0.5) is 0 Å². The second-order valence-electron chi connectivity index (χ2n) is 9.19. The summed E-state index contributed by atoms with van der Waals surface area (Å²) in [5.41, 5.74) is 8.37. The molecular weight excluding hydrogens is 464 g/mol. The third-order valence-electron chi connectivity index (χ3n) is 6.95. The molecule has 0 saturated heterocycles. The fraction of sp³-hybridized carbons (Fsp3) is 0. The molecule has 4 heteroatoms. The van der Waals surface area contributed by atoms with E-state index in [1.807, 2.05) is 49.1 Å². The highest BCUT2D eigenvalue weighted by Gasteiger charge is 2.17. The van der Waals surface area contributed by atoms with Gasteiger partial charge in [-0.2, -0.15) is 0 Å². The van der Waals surface area contributed by atoms with Crippen molar-refractivity contribution in [1.29, 1.82) is 0 Å². The minimum atomic E-state index is 0.909. The molecule has 0 saturated carbocycles. The Morgan fingerprint density at radius 1 is 0.342 bits per heavy atom. The van der Waals surface area contributed by atoms with Gasteiger partial charge in [-0.05, 0) is 69.1 Å². The van der Waals surface area contributed by atoms with Crippen LogP contribution < -0.4 is 0 Å². The van der Waals surface area contributed by atoms with E-state index in [2.05, 4.69) is 82.8 Å². The first kappa shape index (κ1) is 22.0. The van der Waals surface area contributed by atoms with Crippen molar-refractivity contribution >= 4 is 21.5 Å². The Kier molecular flexibility index (Phi) is 5.41. The molecular formula is C34H22N4. The summed E-state index contributed by atoms with van der Waals surface area (Å²) in [5, 5.41) is 4.75. The van der Waals surface area contributed by atoms with Crippen molar-refractivity contribution < 1.29 is 0 Å². The summed E-state index contributed by atoms with van der Waals surface area (Å²) in [6.07, 6.45) is 11.2. The molecule has 0 N–H and O–H groups in total. The van der Waals surface area contributed by atoms with E-state index in [0.29, 0.717) is 0 Å². The van der Waals surface area contributed by atoms with Crippen LogP contribution in [0.5, 0.6) is 0 Å². The standard InChI is InChI=1S/C34H22N4/c1-2-10-28-27(9-1)33(25-13-15-31(37-21-25)23-7-5-17-35-19-23)29-11-3-4-12-30(29)34(28)26-14-16-32(38-22-26)24-8-6-18-36-20-24/h1-22H. The topological polar surface area (TPSA) is 51.6 Å². The normalized spacial score (nSPS) is 11.2. The molecule has 7 rings (SSSR count). The predicted octanol–water partition coefficient (Wildman–Crippen LogP) is 8.24. The molecule has 0 amide bonds. The number of benzene rings is 3. The first-order valence-electron chi connectivity index (χ1n) is 12.5. The first-order chi connectivity index (χ1) is 18.9. The van der Waals surface area contributed by atoms with Gasteiger partial charge in [-0.25, -0.2) is 0 Å². The molecule has 3 aromatic carbocycles. The van der Waals surface area contributed by atoms with Gasteiger partial charge in [0.15, 0.2) is 0 Å². The Balaban J connectivity index is 1.43. The van der Waals surface area contributed by atoms with Gasteiger partial charge >= 0.3 is 0 Å². The molecule has 4 nitrogen and oxygen atoms in total. The molecule has 0 spiro atoms. The molecule has 38 heavy (non-hydrogen) atoms. The number of pyridine rings is 4. The van der Waals surface area contributed by atoms with E-state index in [4.69, 9.17) is 9.97 Å². The predicted molar refractivity (Wildman–Crippen MR) is 154 cm³/mol. The molecule has 0 fully saturated rings. The minimum Gasteiger partial charge on any atom is -0.264 e. The first-order valence-corrected chi connectivity index (χ1v) is 12.5. The zero-order valence-electron chi connectivity index (χ0n) is 20.5. The maximum absolute atomic E-state index is 4.80. The van der Waals surface area contributed by atoms with Crippen molar-refractivity contribution in [2.24, 2.45) is 0 Å². The van der Waals surface area contributed by atoms with Crippen molar-refractivity contribution in [1.82, 2.24) is 19.9 Å². The summed E-state index contributed by atoms with van der Waals surface area (Å²) in [5.74, 6) is 0. The fourth-order valence-electron chi connectivity index (χ4n) is 5.20. The molecule has 0 unspecified atom stereocenters. The number of nitrogens with zero attached hydrogens (tertiary/aromatic N) is 4. The van der Waals surface area contributed by atoms with Crippen molar-refractivity contribution in [2.75, 3.05) is 0 Å². The van der Waals surface area contributed by atoms with Gasteiger partial charge in [0.2, 0.25) is 0 Å². The molecule has 0 bridgehead atoms. The van der Waals surface area contributed by atoms with Crippen LogP contribution in [-0.4, -0.2) is 19.9 Å². The zero-order valence-corrected chi connectivity index (χ0v) is 20.5. The van der Waals surface area contributed by atoms with Crippen LogP contribution in [0, 0.1) is 0 Å². The molecule has 0 atom stereocenters. The highest BCUT2D eigenvalue weighted by molar-refractivity contribution is 6.21. The van der Waals surface area contributed by atoms with Crippen LogP contribution in [0.25, 0.3) is 66.3 Å². The third kappa shape index (κ3) is 3.80. The second-order valence-corrected chi connectivity index (χ2v) is 9.19. The minimum absolute atomic E-state index is 0.909. The molecule has 4 heterocycles. The summed E-state index contributed by atoms with van der Waals surface area (Å²) in [6.45, 7) is 0. The van der Waals surface area contributed by atoms with E-state index in [1.54, 1.807) is 12.4 Å². The van der Waals surface area contributed by atoms with Crippen molar-refractivity contribution in [3.05, 3.63) is 134 Å². The van der Waals surface area contributed by atoms with Crippen LogP contribution >= 0.6 is 0 Å². The average molecular weight is 487 g/mol. The Morgan fingerprint density at radius 3 is 1.08 bits per heavy atom. The van der Waals surface area contributed by atoms with Crippen molar-refractivity contribution in [2.45, 2.75) is 0 Å². The van der Waals surface area contributed by atoms with Gasteiger partial charge in [0, 0.05) is 59.4 Å². The van der Waals surface area contributed by atoms with Gasteiger partial charge in [0.05, 0.1) is 11.4 Å². The number of hydrogen-bond donors (Lipinski definition) is 0. The van der Waals surface area contributed by atoms with Crippen LogP contribution in [0.1, 0.15) is 0 Å². The Bertz CT molecular complexity index is 1680. The molecule has 0 aliphatic rings. The smallest absolute Gasteiger partial charge is 0.0717 e. The summed E-state index contributed by atoms with van der Waals surface area (Å²) < 4.78 is 0. The van der Waals surface area contributed by atoms with Gasteiger partial charge in [-0.15, -0.1) is 0 Å². The lowest BCUT2D eigenvalue weighted by Gasteiger charge is -2.17. The van der Waals surface area contributed by atoms with E-state index < -0.39 is 0 Å². The van der Waals surface area contributed by atoms with Crippen molar-refractivity contribution in [3.8, 4) is 44.8 Å². The zero-order chi connectivity index (χ0) is 25.3. The lowest BCUT2D eigenvalue weighted by Crippen LogP contribution is -1.93. The summed E-state index contributed by atoms with van der Waals surface area (Å²) >= 11 is 0. The molecule has 178 valence electrons. The van der Waals surface area contributed by atoms with Crippen LogP contribution in [-0.2, 0) is 0 Å². The number of fused-ring (bicyclic) bond motifs is 2. The summed E-state index contributed by atoms with van der Waals surface area (Å²) in [7, 11) is 0. The lowest BCUT2D eigenvalue weighted by atomic mass is 9.86. The maximum Gasteiger partial charge on any atom is 0.0717 e. The van der Waals surface area contributed by atoms with Gasteiger partial charge in [0.1, 0.15) is 0 Å². The SMILES string of the molecule is c1cncc(-c2ccc(-c3c4ccccc4c(-c4ccc(-c5cccnc5)nc4)c4ccccc34)cn2)c1. The van der Waals surface area contributed by atoms with E-state index >= 15 is 0 Å². The Hall–Kier alpha value is -5.22. The number of hydrogen-bond acceptors (Lipinski definition) is 4. The molecule has 0 radical (unpaired) electrons. The highest BCUT2D eigenvalue weighted by atomic mass is 14.7. The van der Waals surface area contributed by atoms with E-state index in [1.165, 1.54) is 32.7 Å². The van der Waals surface area contributed by atoms with Crippen LogP contribution in [0.3, 0.4) is 0 Å². The van der Waals surface area contributed by atoms with Crippen LogP contribution in [0.15, 0.2) is 134 Å². The van der Waals surface area contributed by atoms with E-state index in [-0.39, 0.29) is 0 Å². The third-order valence-corrected chi connectivity index (χ3v) is 6.95. The second kappa shape index (κ2) is 9.34. The molecule has 0 aliphatic heterocycles. The molecule has 0 aliphatic carbocycles. The molecule has 7 aromatic rings. The number of aromatic nitrogens is 4. The van der Waals surface area contributed by atoms with E-state index in [9.17, 15) is 0 Å². The highest BCUT2D eigenvalue weighted by Crippen LogP contribution is 2.43. The van der Waals surface area contributed by atoms with Gasteiger partial charge in [0.25, 0.3) is 0 Å². The summed E-state index contributed by atoms with van der Waals surface area (Å²) in [4.78, 5) is 18.1. The summed E-state index contributed by atoms with van der Waals surface area (Å²) in [6, 6.07) is 33.6. The Morgan fingerprint density at radius 2 is 0.763 bits per heavy atom. The largest absolute Gasteiger partial charge is 0.264 e. The van der Waals surface area contributed by atoms with Crippen molar-refractivity contribution in [3.63, 3.8) is 0 Å². The monoisotopic (exact) mass is 486 g/mol. The fourth-order valence-corrected chi connectivity index (χ4v) is 5.20. The maximum atomic E-state index is 4.80. The average Bonchev–Trinajstić information content (AvgIpc) is 3.01. The number of rotatable bonds is 4. The van der Waals surface area contributed by atoms with Gasteiger partial charge in [-0.1, -0.05) is 60.7 Å². The van der Waals surface area contributed by atoms with Crippen LogP contribution in [0.2, 0.25) is 0 Å². The quantitative estimate of drug-likeness (QED) is 0.235. The Labute approximate surface area is 220 Å². The lowest BCUT2D eigenvalue weighted by molar-refractivity contribution is 1.28. The van der Waals surface area contributed by atoms with Gasteiger partial charge in [-0.3, -0.25) is 19.9 Å².